The number of rotatable bonds is 16. The van der Waals surface area contributed by atoms with Crippen molar-refractivity contribution in [3.05, 3.63) is 149 Å². The highest BCUT2D eigenvalue weighted by Crippen LogP contribution is 2.32. The SMILES string of the molecule is CC.CCc1cc(-c2ccc(C(=O)NC)cc2)c(C(=O)Nc2nnc(OC)s2)cn1.COc1nnc(NC(=O)c2cnc(C)cc2-c2cccc(NSC)c2)s1.COc1nnc(NC(=O)c2cnc(C)cc2-c2ccnc(C)c2)s1. The van der Waals surface area contributed by atoms with E-state index in [9.17, 15) is 19.2 Å². The van der Waals surface area contributed by atoms with Crippen molar-refractivity contribution in [3.63, 3.8) is 0 Å². The van der Waals surface area contributed by atoms with Crippen LogP contribution < -0.4 is 40.2 Å². The zero-order chi connectivity index (χ0) is 57.7. The predicted octanol–water partition coefficient (Wildman–Crippen LogP) is 10.5. The molecule has 9 rings (SSSR count). The fourth-order valence-electron chi connectivity index (χ4n) is 7.12. The number of carbonyl (C=O) groups excluding carboxylic acids is 4. The van der Waals surface area contributed by atoms with Crippen LogP contribution in [-0.4, -0.2) is 109 Å². The quantitative estimate of drug-likeness (QED) is 0.0562. The number of anilines is 4. The Morgan fingerprint density at radius 2 is 0.975 bits per heavy atom. The first-order valence-electron chi connectivity index (χ1n) is 24.4. The van der Waals surface area contributed by atoms with Crippen LogP contribution in [0.4, 0.5) is 21.1 Å². The zero-order valence-electron chi connectivity index (χ0n) is 45.5. The summed E-state index contributed by atoms with van der Waals surface area (Å²) in [6.07, 6.45) is 9.10. The van der Waals surface area contributed by atoms with Crippen LogP contribution in [0, 0.1) is 20.8 Å². The molecular weight excluding hydrogens is 1100 g/mol. The van der Waals surface area contributed by atoms with Gasteiger partial charge in [-0.2, -0.15) is 0 Å². The van der Waals surface area contributed by atoms with Crippen molar-refractivity contribution >= 4 is 90.7 Å². The number of amides is 4. The first-order chi connectivity index (χ1) is 38.7. The molecule has 4 amide bonds. The van der Waals surface area contributed by atoms with Gasteiger partial charge in [0.1, 0.15) is 0 Å². The van der Waals surface area contributed by atoms with Crippen LogP contribution in [0.1, 0.15) is 85.0 Å². The number of ether oxygens (including phenoxy) is 3. The summed E-state index contributed by atoms with van der Waals surface area (Å²) >= 11 is 4.96. The van der Waals surface area contributed by atoms with Crippen molar-refractivity contribution < 1.29 is 33.4 Å². The van der Waals surface area contributed by atoms with Crippen LogP contribution in [0.5, 0.6) is 15.6 Å². The summed E-state index contributed by atoms with van der Waals surface area (Å²) in [5, 5.41) is 36.0. The topological polar surface area (TPSA) is 285 Å². The average molecular weight is 1160 g/mol. The van der Waals surface area contributed by atoms with Crippen LogP contribution in [-0.2, 0) is 6.42 Å². The summed E-state index contributed by atoms with van der Waals surface area (Å²) in [7, 11) is 6.07. The third-order valence-corrected chi connectivity index (χ3v) is 13.7. The van der Waals surface area contributed by atoms with Gasteiger partial charge in [0.2, 0.25) is 15.4 Å². The smallest absolute Gasteiger partial charge is 0.295 e. The van der Waals surface area contributed by atoms with Crippen molar-refractivity contribution in [1.29, 1.82) is 0 Å². The van der Waals surface area contributed by atoms with Crippen LogP contribution in [0.3, 0.4) is 0 Å². The normalized spacial score (nSPS) is 10.2. The molecule has 0 fully saturated rings. The first kappa shape index (κ1) is 60.4. The van der Waals surface area contributed by atoms with Gasteiger partial charge in [0.05, 0.1) is 38.0 Å². The van der Waals surface area contributed by atoms with E-state index in [-0.39, 0.29) is 23.6 Å². The van der Waals surface area contributed by atoms with Gasteiger partial charge in [-0.15, -0.1) is 15.3 Å². The van der Waals surface area contributed by atoms with Gasteiger partial charge >= 0.3 is 0 Å². The lowest BCUT2D eigenvalue weighted by molar-refractivity contribution is 0.0960. The molecule has 0 bridgehead atoms. The maximum atomic E-state index is 12.8. The van der Waals surface area contributed by atoms with Crippen LogP contribution in [0.25, 0.3) is 33.4 Å². The van der Waals surface area contributed by atoms with Crippen LogP contribution >= 0.6 is 46.0 Å². The minimum Gasteiger partial charge on any atom is -0.472 e. The van der Waals surface area contributed by atoms with E-state index in [1.807, 2.05) is 115 Å². The van der Waals surface area contributed by atoms with Crippen LogP contribution in [0.2, 0.25) is 0 Å². The maximum absolute atomic E-state index is 12.8. The molecule has 9 aromatic rings. The summed E-state index contributed by atoms with van der Waals surface area (Å²) in [6, 6.07) is 24.4. The summed E-state index contributed by atoms with van der Waals surface area (Å²) in [6.45, 7) is 11.7. The number of aromatic nitrogens is 10. The molecule has 26 heteroatoms. The maximum Gasteiger partial charge on any atom is 0.295 e. The van der Waals surface area contributed by atoms with Crippen LogP contribution in [0.15, 0.2) is 104 Å². The van der Waals surface area contributed by atoms with Gasteiger partial charge in [-0.25, -0.2) is 0 Å². The van der Waals surface area contributed by atoms with E-state index in [1.54, 1.807) is 44.0 Å². The molecule has 414 valence electrons. The van der Waals surface area contributed by atoms with Gasteiger partial charge in [0.15, 0.2) is 0 Å². The molecule has 80 heavy (non-hydrogen) atoms. The number of nitrogens with one attached hydrogen (secondary N) is 5. The van der Waals surface area contributed by atoms with E-state index in [0.717, 1.165) is 102 Å². The Morgan fingerprint density at radius 3 is 1.40 bits per heavy atom. The number of hydrogen-bond acceptors (Lipinski definition) is 22. The third-order valence-electron chi connectivity index (χ3n) is 10.8. The fraction of sp³-hybridized carbons (Fsp3) is 0.222. The molecule has 7 aromatic heterocycles. The van der Waals surface area contributed by atoms with Gasteiger partial charge in [-0.3, -0.25) is 55.1 Å². The minimum atomic E-state index is -0.348. The third kappa shape index (κ3) is 16.4. The number of benzene rings is 2. The summed E-state index contributed by atoms with van der Waals surface area (Å²) in [4.78, 5) is 67.0. The van der Waals surface area contributed by atoms with Gasteiger partial charge in [0.25, 0.3) is 39.2 Å². The zero-order valence-corrected chi connectivity index (χ0v) is 48.8. The monoisotopic (exact) mass is 1160 g/mol. The van der Waals surface area contributed by atoms with Crippen molar-refractivity contribution in [2.24, 2.45) is 0 Å². The highest BCUT2D eigenvalue weighted by atomic mass is 32.2. The fourth-order valence-corrected chi connectivity index (χ4v) is 9.15. The number of pyridine rings is 4. The number of carbonyl (C=O) groups is 4. The Labute approximate surface area is 478 Å². The molecule has 0 aliphatic rings. The molecule has 0 saturated carbocycles. The Hall–Kier alpha value is -8.85. The average Bonchev–Trinajstić information content (AvgIpc) is 4.27. The second-order valence-electron chi connectivity index (χ2n) is 16.1. The van der Waals surface area contributed by atoms with E-state index in [2.05, 4.69) is 76.5 Å². The first-order valence-corrected chi connectivity index (χ1v) is 28.0. The summed E-state index contributed by atoms with van der Waals surface area (Å²) in [5.41, 5.74) is 11.2. The van der Waals surface area contributed by atoms with Crippen molar-refractivity contribution in [2.45, 2.75) is 48.0 Å². The molecule has 22 nitrogen and oxygen atoms in total. The molecule has 0 radical (unpaired) electrons. The second kappa shape index (κ2) is 29.8. The Morgan fingerprint density at radius 1 is 0.525 bits per heavy atom. The van der Waals surface area contributed by atoms with E-state index >= 15 is 0 Å². The molecule has 0 aliphatic carbocycles. The van der Waals surface area contributed by atoms with Crippen molar-refractivity contribution in [2.75, 3.05) is 55.3 Å². The molecule has 0 saturated heterocycles. The highest BCUT2D eigenvalue weighted by Gasteiger charge is 2.20. The van der Waals surface area contributed by atoms with Crippen molar-refractivity contribution in [1.82, 2.24) is 55.8 Å². The molecule has 0 atom stereocenters. The van der Waals surface area contributed by atoms with E-state index < -0.39 is 0 Å². The number of nitrogens with zero attached hydrogens (tertiary/aromatic N) is 10. The van der Waals surface area contributed by atoms with E-state index in [0.29, 0.717) is 53.2 Å². The summed E-state index contributed by atoms with van der Waals surface area (Å²) < 4.78 is 18.2. The molecular formula is C54H57N15O7S4. The largest absolute Gasteiger partial charge is 0.472 e. The second-order valence-corrected chi connectivity index (χ2v) is 19.6. The molecule has 2 aromatic carbocycles. The lowest BCUT2D eigenvalue weighted by Gasteiger charge is -2.11. The lowest BCUT2D eigenvalue weighted by atomic mass is 9.98. The minimum absolute atomic E-state index is 0.168. The number of aryl methyl sites for hydroxylation is 4. The highest BCUT2D eigenvalue weighted by molar-refractivity contribution is 7.99. The number of methoxy groups -OCH3 is 3. The Bertz CT molecular complexity index is 3560. The van der Waals surface area contributed by atoms with Gasteiger partial charge < -0.3 is 24.2 Å². The van der Waals surface area contributed by atoms with E-state index in [1.165, 1.54) is 33.3 Å². The molecule has 0 aliphatic heterocycles. The molecule has 7 heterocycles. The lowest BCUT2D eigenvalue weighted by Crippen LogP contribution is -2.17. The van der Waals surface area contributed by atoms with Gasteiger partial charge in [0, 0.05) is 72.1 Å². The number of hydrogen-bond donors (Lipinski definition) is 5. The summed E-state index contributed by atoms with van der Waals surface area (Å²) in [5.74, 6) is -1.11. The van der Waals surface area contributed by atoms with Gasteiger partial charge in [-0.1, -0.05) is 72.3 Å². The standard InChI is InChI=1S/C19H19N5O3S.C17H17N5O2S2.C16H15N5O2S.C2H6/c1-4-13-9-14(11-5-7-12(8-6-11)16(25)20-2)15(10-21-13)17(26)22-18-23-24-19(27-3)28-18;1-10-7-13(11-5-4-6-12(8-11)22-25-3)14(9-18-10)15(23)19-16-20-21-17(24-2)26-16;1-9-6-11(4-5-17-9)12-7-10(2)18-8-13(12)14(22)19-15-20-21-16(23-3)24-15;1-2/h5-10H,4H2,1-3H3,(H,20,25)(H,22,23,26);4-9,22H,1-3H3,(H,19,20,23);4-8H,1-3H3,(H,19,20,22);1-2H3. The van der Waals surface area contributed by atoms with Crippen molar-refractivity contribution in [3.8, 4) is 49.0 Å². The molecule has 5 N–H and O–H groups in total. The molecule has 0 spiro atoms. The Balaban J connectivity index is 0.000000191. The molecule has 0 unspecified atom stereocenters. The van der Waals surface area contributed by atoms with Gasteiger partial charge in [-0.05, 0) is 149 Å². The Kier molecular flexibility index (Phi) is 22.5. The predicted molar refractivity (Wildman–Crippen MR) is 316 cm³/mol. The van der Waals surface area contributed by atoms with E-state index in [4.69, 9.17) is 14.2 Å².